The first-order valence-electron chi connectivity index (χ1n) is 20.3. The monoisotopic (exact) mass is 846 g/mol. The molecule has 16 atom stereocenters. The summed E-state index contributed by atoms with van der Waals surface area (Å²) >= 11 is 0. The van der Waals surface area contributed by atoms with Crippen LogP contribution >= 0.6 is 0 Å². The first-order chi connectivity index (χ1) is 27.9. The van der Waals surface area contributed by atoms with E-state index in [1.165, 1.54) is 40.6 Å². The Labute approximate surface area is 346 Å². The van der Waals surface area contributed by atoms with Gasteiger partial charge in [-0.3, -0.25) is 24.0 Å². The second-order valence-corrected chi connectivity index (χ2v) is 18.6. The van der Waals surface area contributed by atoms with Gasteiger partial charge in [-0.2, -0.15) is 0 Å². The summed E-state index contributed by atoms with van der Waals surface area (Å²) in [4.78, 5) is 83.4. The minimum atomic E-state index is -2.35. The average molecular weight is 847 g/mol. The maximum absolute atomic E-state index is 14.4. The van der Waals surface area contributed by atoms with Gasteiger partial charge in [-0.1, -0.05) is 27.7 Å². The zero-order chi connectivity index (χ0) is 44.0. The third-order valence-electron chi connectivity index (χ3n) is 15.7. The van der Waals surface area contributed by atoms with Gasteiger partial charge in [0, 0.05) is 61.3 Å². The molecule has 4 saturated carbocycles. The van der Waals surface area contributed by atoms with Crippen LogP contribution in [-0.2, 0) is 76.1 Å². The number of fused-ring (bicyclic) bond motifs is 2. The van der Waals surface area contributed by atoms with Crippen LogP contribution in [0.15, 0.2) is 23.0 Å². The van der Waals surface area contributed by atoms with Crippen LogP contribution in [0.4, 0.5) is 0 Å². The highest BCUT2D eigenvalue weighted by molar-refractivity contribution is 5.83. The number of furan rings is 1. The highest BCUT2D eigenvalue weighted by atomic mass is 16.9. The molecule has 330 valence electrons. The van der Waals surface area contributed by atoms with Crippen LogP contribution in [0.3, 0.4) is 0 Å². The van der Waals surface area contributed by atoms with Gasteiger partial charge in [0.25, 0.3) is 5.97 Å². The van der Waals surface area contributed by atoms with E-state index in [-0.39, 0.29) is 25.7 Å². The van der Waals surface area contributed by atoms with Gasteiger partial charge in [-0.15, -0.1) is 0 Å². The van der Waals surface area contributed by atoms with Gasteiger partial charge in [-0.05, 0) is 38.7 Å². The molecule has 0 radical (unpaired) electrons. The molecule has 4 heterocycles. The fourth-order valence-corrected chi connectivity index (χ4v) is 13.6. The summed E-state index contributed by atoms with van der Waals surface area (Å²) < 4.78 is 69.3. The number of aliphatic hydroxyl groups excluding tert-OH is 1. The number of esters is 6. The standard InChI is InChI=1S/C42H54O18/c1-12-27(46)54-32-40-25(16-29(48)51-11)34(5,30(53-21(3)43)23-13-14-52-18-23)17-26(45)42(40)37(8)24(15-28(47)50-10)35(6)19-39(37,58-38(9,59-40)60-42)41(32,57-22(4)44)31(35)55-33(49)36(7)20(2)56-36/h13-14,18,20,24-26,30-32,45H,12,15-17,19H2,1-11H3/t20-,24+,25-,26-,30+,31+,32+,34-,35-,36+,37-,38-,39-,40-,41+,42+/m1/s1. The normalized spacial score (nSPS) is 47.7. The number of carbonyl (C=O) groups excluding carboxylic acids is 6. The molecule has 7 aliphatic rings. The first-order valence-corrected chi connectivity index (χ1v) is 20.3. The molecule has 3 aliphatic heterocycles. The van der Waals surface area contributed by atoms with Crippen LogP contribution in [0.25, 0.3) is 0 Å². The van der Waals surface area contributed by atoms with Crippen molar-refractivity contribution >= 4 is 35.8 Å². The summed E-state index contributed by atoms with van der Waals surface area (Å²) in [5.74, 6) is -9.24. The quantitative estimate of drug-likeness (QED) is 0.181. The smallest absolute Gasteiger partial charge is 0.341 e. The number of carbonyl (C=O) groups is 6. The molecule has 60 heavy (non-hydrogen) atoms. The number of rotatable bonds is 12. The fourth-order valence-electron chi connectivity index (χ4n) is 13.6. The molecule has 8 rings (SSSR count). The number of ether oxygens (including phenoxy) is 10. The molecule has 1 N–H and O–H groups in total. The van der Waals surface area contributed by atoms with E-state index in [9.17, 15) is 33.9 Å². The second kappa shape index (κ2) is 13.0. The Morgan fingerprint density at radius 1 is 0.867 bits per heavy atom. The number of aliphatic hydroxyl groups is 1. The first kappa shape index (κ1) is 42.6. The van der Waals surface area contributed by atoms with E-state index in [1.54, 1.807) is 47.6 Å². The zero-order valence-electron chi connectivity index (χ0n) is 35.7. The summed E-state index contributed by atoms with van der Waals surface area (Å²) in [6.45, 7) is 13.8. The van der Waals surface area contributed by atoms with Crippen molar-refractivity contribution in [3.63, 3.8) is 0 Å². The highest BCUT2D eigenvalue weighted by Crippen LogP contribution is 2.90. The fraction of sp³-hybridized carbons (Fsp3) is 0.762. The predicted octanol–water partition coefficient (Wildman–Crippen LogP) is 3.14. The molecule has 0 amide bonds. The molecule has 3 saturated heterocycles. The molecular formula is C42H54O18. The van der Waals surface area contributed by atoms with Crippen molar-refractivity contribution in [1.29, 1.82) is 0 Å². The maximum Gasteiger partial charge on any atom is 0.341 e. The molecule has 18 nitrogen and oxygen atoms in total. The van der Waals surface area contributed by atoms with E-state index in [0.29, 0.717) is 5.56 Å². The van der Waals surface area contributed by atoms with Crippen molar-refractivity contribution in [1.82, 2.24) is 0 Å². The summed E-state index contributed by atoms with van der Waals surface area (Å²) in [7, 11) is 2.40. The molecule has 1 aromatic rings. The second-order valence-electron chi connectivity index (χ2n) is 18.6. The van der Waals surface area contributed by atoms with E-state index >= 15 is 0 Å². The van der Waals surface area contributed by atoms with Crippen molar-refractivity contribution in [3.8, 4) is 0 Å². The predicted molar refractivity (Wildman–Crippen MR) is 196 cm³/mol. The van der Waals surface area contributed by atoms with Crippen molar-refractivity contribution in [2.24, 2.45) is 28.1 Å². The molecule has 0 aromatic carbocycles. The third kappa shape index (κ3) is 4.77. The van der Waals surface area contributed by atoms with Gasteiger partial charge in [0.15, 0.2) is 23.4 Å². The van der Waals surface area contributed by atoms with E-state index in [0.717, 1.165) is 6.92 Å². The van der Waals surface area contributed by atoms with Crippen molar-refractivity contribution in [2.75, 3.05) is 14.2 Å². The van der Waals surface area contributed by atoms with E-state index in [1.807, 2.05) is 0 Å². The van der Waals surface area contributed by atoms with Crippen LogP contribution in [0.1, 0.15) is 106 Å². The molecule has 7 fully saturated rings. The van der Waals surface area contributed by atoms with Crippen molar-refractivity contribution < 1.29 is 85.7 Å². The average Bonchev–Trinajstić information content (AvgIpc) is 3.50. The molecule has 4 bridgehead atoms. The SMILES string of the molecule is CCC(=O)O[C@@H]1[C@@]2(OC(C)=O)[C@@H](OC(=O)[C@@]3(C)O[C@@H]3C)[C@]3(C)C[C@]24O[C@]2(C)O[C@]15[C@H](CC(=O)OC)[C@](C)([C@@H](OC(C)=O)c1ccoc1)C[C@@H](O)[C@]5(O2)[C@]4(C)[C@H]3CC(=O)OC. The van der Waals surface area contributed by atoms with Crippen molar-refractivity contribution in [2.45, 2.75) is 159 Å². The van der Waals surface area contributed by atoms with Gasteiger partial charge in [0.2, 0.25) is 5.60 Å². The number of hydrogen-bond donors (Lipinski definition) is 1. The van der Waals surface area contributed by atoms with Crippen LogP contribution in [0.2, 0.25) is 0 Å². The van der Waals surface area contributed by atoms with E-state index in [2.05, 4.69) is 0 Å². The van der Waals surface area contributed by atoms with E-state index < -0.39 is 135 Å². The van der Waals surface area contributed by atoms with Crippen molar-refractivity contribution in [3.05, 3.63) is 24.2 Å². The Hall–Kier alpha value is -4.10. The summed E-state index contributed by atoms with van der Waals surface area (Å²) in [5, 5.41) is 13.4. The van der Waals surface area contributed by atoms with Gasteiger partial charge < -0.3 is 56.9 Å². The third-order valence-corrected chi connectivity index (χ3v) is 15.7. The number of hydrogen-bond acceptors (Lipinski definition) is 18. The van der Waals surface area contributed by atoms with Crippen LogP contribution in [0, 0.1) is 28.1 Å². The highest BCUT2D eigenvalue weighted by Gasteiger charge is 3.06. The summed E-state index contributed by atoms with van der Waals surface area (Å²) in [6.07, 6.45) is -5.74. The zero-order valence-corrected chi connectivity index (χ0v) is 35.7. The summed E-state index contributed by atoms with van der Waals surface area (Å²) in [5.41, 5.74) is -14.5. The van der Waals surface area contributed by atoms with Crippen LogP contribution in [-0.4, -0.2) is 114 Å². The van der Waals surface area contributed by atoms with Crippen LogP contribution in [0.5, 0.6) is 0 Å². The minimum absolute atomic E-state index is 0.104. The molecule has 0 unspecified atom stereocenters. The Morgan fingerprint density at radius 2 is 1.50 bits per heavy atom. The maximum atomic E-state index is 14.4. The van der Waals surface area contributed by atoms with Gasteiger partial charge in [0.05, 0.1) is 45.4 Å². The Morgan fingerprint density at radius 3 is 2.03 bits per heavy atom. The number of methoxy groups -OCH3 is 2. The molecule has 2 spiro atoms. The lowest BCUT2D eigenvalue weighted by Crippen LogP contribution is -2.96. The van der Waals surface area contributed by atoms with Gasteiger partial charge in [-0.25, -0.2) is 4.79 Å². The molecule has 1 aromatic heterocycles. The molecule has 18 heteroatoms. The minimum Gasteiger partial charge on any atom is -0.472 e. The summed E-state index contributed by atoms with van der Waals surface area (Å²) in [6, 6.07) is 1.57. The lowest BCUT2D eigenvalue weighted by Gasteiger charge is -2.77. The molecular weight excluding hydrogens is 792 g/mol. The molecule has 4 aliphatic carbocycles. The Balaban J connectivity index is 1.53. The van der Waals surface area contributed by atoms with Gasteiger partial charge >= 0.3 is 35.8 Å². The topological polar surface area (TPSA) is 231 Å². The number of epoxide rings is 1. The Kier molecular flexibility index (Phi) is 9.20. The Bertz CT molecular complexity index is 2040. The van der Waals surface area contributed by atoms with Gasteiger partial charge in [0.1, 0.15) is 17.3 Å². The van der Waals surface area contributed by atoms with Crippen LogP contribution < -0.4 is 0 Å². The lowest BCUT2D eigenvalue weighted by atomic mass is 9.33. The van der Waals surface area contributed by atoms with E-state index in [4.69, 9.17) is 51.8 Å². The lowest BCUT2D eigenvalue weighted by molar-refractivity contribution is -0.486. The largest absolute Gasteiger partial charge is 0.472 e.